The summed E-state index contributed by atoms with van der Waals surface area (Å²) in [4.78, 5) is 15.5. The number of carbonyl (C=O) groups excluding carboxylic acids is 1. The van der Waals surface area contributed by atoms with Gasteiger partial charge in [0.25, 0.3) is 0 Å². The van der Waals surface area contributed by atoms with E-state index in [0.717, 1.165) is 11.1 Å². The molecule has 1 amide bonds. The molecule has 0 aromatic heterocycles. The molecule has 1 saturated heterocycles. The van der Waals surface area contributed by atoms with Gasteiger partial charge in [0.2, 0.25) is 15.9 Å². The zero-order chi connectivity index (χ0) is 24.8. The molecule has 35 heavy (non-hydrogen) atoms. The molecule has 8 heteroatoms. The van der Waals surface area contributed by atoms with Gasteiger partial charge in [-0.2, -0.15) is 0 Å². The van der Waals surface area contributed by atoms with Crippen LogP contribution in [0, 0.1) is 5.92 Å². The van der Waals surface area contributed by atoms with Crippen LogP contribution in [0.5, 0.6) is 0 Å². The minimum Gasteiger partial charge on any atom is -0.334 e. The van der Waals surface area contributed by atoms with Crippen molar-refractivity contribution in [3.05, 3.63) is 106 Å². The molecule has 4 rings (SSSR count). The Morgan fingerprint density at radius 2 is 1.40 bits per heavy atom. The van der Waals surface area contributed by atoms with Crippen LogP contribution in [0.1, 0.15) is 29.5 Å². The van der Waals surface area contributed by atoms with Gasteiger partial charge in [0.1, 0.15) is 0 Å². The first-order valence-electron chi connectivity index (χ1n) is 11.6. The number of hydrogen-bond donors (Lipinski definition) is 0. The van der Waals surface area contributed by atoms with Crippen LogP contribution in [0.4, 0.5) is 0 Å². The van der Waals surface area contributed by atoms with E-state index in [1.165, 1.54) is 4.31 Å². The Labute approximate surface area is 217 Å². The van der Waals surface area contributed by atoms with Gasteiger partial charge in [-0.25, -0.2) is 12.7 Å². The molecule has 1 atom stereocenters. The van der Waals surface area contributed by atoms with E-state index in [1.807, 2.05) is 65.6 Å². The van der Waals surface area contributed by atoms with E-state index >= 15 is 0 Å². The maximum atomic E-state index is 13.7. The van der Waals surface area contributed by atoms with Crippen molar-refractivity contribution in [1.29, 1.82) is 0 Å². The summed E-state index contributed by atoms with van der Waals surface area (Å²) in [5, 5.41) is 0.644. The van der Waals surface area contributed by atoms with E-state index in [-0.39, 0.29) is 18.2 Å². The van der Waals surface area contributed by atoms with Gasteiger partial charge in [-0.1, -0.05) is 89.9 Å². The van der Waals surface area contributed by atoms with Crippen LogP contribution in [0.15, 0.2) is 78.9 Å². The summed E-state index contributed by atoms with van der Waals surface area (Å²) in [7, 11) is -3.70. The second-order valence-corrected chi connectivity index (χ2v) is 11.6. The van der Waals surface area contributed by atoms with Crippen molar-refractivity contribution in [2.45, 2.75) is 31.7 Å². The average Bonchev–Trinajstić information content (AvgIpc) is 2.87. The lowest BCUT2D eigenvalue weighted by Crippen LogP contribution is -2.46. The summed E-state index contributed by atoms with van der Waals surface area (Å²) in [5.41, 5.74) is 2.45. The minimum absolute atomic E-state index is 0.0339. The quantitative estimate of drug-likeness (QED) is 0.371. The molecule has 1 fully saturated rings. The highest BCUT2D eigenvalue weighted by atomic mass is 35.5. The second-order valence-electron chi connectivity index (χ2n) is 8.82. The number of nitrogens with zero attached hydrogens (tertiary/aromatic N) is 2. The molecular weight excluding hydrogens is 503 g/mol. The molecule has 0 aliphatic carbocycles. The smallest absolute Gasteiger partial charge is 0.227 e. The largest absolute Gasteiger partial charge is 0.334 e. The number of carbonyl (C=O) groups is 1. The highest BCUT2D eigenvalue weighted by Crippen LogP contribution is 2.29. The molecule has 0 bridgehead atoms. The zero-order valence-corrected chi connectivity index (χ0v) is 21.6. The maximum absolute atomic E-state index is 13.7. The minimum atomic E-state index is -3.70. The third kappa shape index (κ3) is 6.64. The molecule has 0 N–H and O–H groups in total. The third-order valence-corrected chi connectivity index (χ3v) is 8.74. The Morgan fingerprint density at radius 1 is 0.857 bits per heavy atom. The Balaban J connectivity index is 1.52. The molecular formula is C27H28Cl2N2O3S. The van der Waals surface area contributed by atoms with E-state index in [0.29, 0.717) is 48.1 Å². The van der Waals surface area contributed by atoms with Crippen molar-refractivity contribution >= 4 is 39.1 Å². The second kappa shape index (κ2) is 11.6. The first kappa shape index (κ1) is 25.7. The van der Waals surface area contributed by atoms with Gasteiger partial charge in [0.05, 0.1) is 11.7 Å². The van der Waals surface area contributed by atoms with Crippen molar-refractivity contribution in [1.82, 2.24) is 9.21 Å². The first-order chi connectivity index (χ1) is 16.8. The molecule has 184 valence electrons. The van der Waals surface area contributed by atoms with Gasteiger partial charge in [0.15, 0.2) is 0 Å². The van der Waals surface area contributed by atoms with Gasteiger partial charge in [0, 0.05) is 41.8 Å². The first-order valence-corrected chi connectivity index (χ1v) is 14.0. The third-order valence-electron chi connectivity index (χ3n) is 6.26. The Kier molecular flexibility index (Phi) is 8.50. The summed E-state index contributed by atoms with van der Waals surface area (Å²) in [6.07, 6.45) is 1.27. The number of amides is 1. The van der Waals surface area contributed by atoms with Crippen LogP contribution in [0.3, 0.4) is 0 Å². The molecule has 3 aromatic rings. The van der Waals surface area contributed by atoms with Gasteiger partial charge >= 0.3 is 0 Å². The standard InChI is InChI=1S/C27H28Cl2N2O3S/c28-25-14-7-15-26(29)24(25)20-35(33,34)31-16-8-13-23(19-31)27(32)30(17-21-9-3-1-4-10-21)18-22-11-5-2-6-12-22/h1-7,9-12,14-15,23H,8,13,16-20H2. The molecule has 5 nitrogen and oxygen atoms in total. The predicted octanol–water partition coefficient (Wildman–Crippen LogP) is 5.76. The van der Waals surface area contributed by atoms with Crippen LogP contribution in [-0.2, 0) is 33.7 Å². The van der Waals surface area contributed by atoms with Crippen LogP contribution >= 0.6 is 23.2 Å². The summed E-state index contributed by atoms with van der Waals surface area (Å²) in [6, 6.07) is 24.6. The summed E-state index contributed by atoms with van der Waals surface area (Å²) < 4.78 is 27.9. The Morgan fingerprint density at radius 3 is 1.94 bits per heavy atom. The van der Waals surface area contributed by atoms with E-state index in [9.17, 15) is 13.2 Å². The van der Waals surface area contributed by atoms with Gasteiger partial charge in [-0.05, 0) is 36.1 Å². The van der Waals surface area contributed by atoms with Crippen LogP contribution in [-0.4, -0.2) is 36.6 Å². The van der Waals surface area contributed by atoms with Crippen LogP contribution < -0.4 is 0 Å². The fourth-order valence-corrected chi connectivity index (χ4v) is 6.78. The number of sulfonamides is 1. The fourth-order valence-electron chi connectivity index (χ4n) is 4.42. The van der Waals surface area contributed by atoms with Crippen molar-refractivity contribution in [3.8, 4) is 0 Å². The predicted molar refractivity (Wildman–Crippen MR) is 141 cm³/mol. The summed E-state index contributed by atoms with van der Waals surface area (Å²) in [5.74, 6) is -0.731. The molecule has 1 heterocycles. The topological polar surface area (TPSA) is 57.7 Å². The highest BCUT2D eigenvalue weighted by Gasteiger charge is 2.35. The van der Waals surface area contributed by atoms with Crippen LogP contribution in [0.25, 0.3) is 0 Å². The number of benzene rings is 3. The monoisotopic (exact) mass is 530 g/mol. The van der Waals surface area contributed by atoms with Gasteiger partial charge in [-0.3, -0.25) is 4.79 Å². The van der Waals surface area contributed by atoms with Gasteiger partial charge < -0.3 is 4.90 Å². The number of halogens is 2. The van der Waals surface area contributed by atoms with E-state index in [1.54, 1.807) is 18.2 Å². The van der Waals surface area contributed by atoms with E-state index in [2.05, 4.69) is 0 Å². The summed E-state index contributed by atoms with van der Waals surface area (Å²) in [6.45, 7) is 1.47. The number of piperidine rings is 1. The van der Waals surface area contributed by atoms with Crippen LogP contribution in [0.2, 0.25) is 10.0 Å². The van der Waals surface area contributed by atoms with Crippen molar-refractivity contribution < 1.29 is 13.2 Å². The molecule has 1 aliphatic rings. The molecule has 0 radical (unpaired) electrons. The van der Waals surface area contributed by atoms with Crippen molar-refractivity contribution in [2.24, 2.45) is 5.92 Å². The van der Waals surface area contributed by atoms with E-state index < -0.39 is 15.9 Å². The number of hydrogen-bond acceptors (Lipinski definition) is 3. The molecule has 1 aliphatic heterocycles. The van der Waals surface area contributed by atoms with Crippen molar-refractivity contribution in [2.75, 3.05) is 13.1 Å². The highest BCUT2D eigenvalue weighted by molar-refractivity contribution is 7.88. The van der Waals surface area contributed by atoms with Crippen molar-refractivity contribution in [3.63, 3.8) is 0 Å². The van der Waals surface area contributed by atoms with Gasteiger partial charge in [-0.15, -0.1) is 0 Å². The normalized spacial score (nSPS) is 16.7. The molecule has 0 spiro atoms. The number of rotatable bonds is 8. The summed E-state index contributed by atoms with van der Waals surface area (Å²) >= 11 is 12.4. The average molecular weight is 532 g/mol. The lowest BCUT2D eigenvalue weighted by Gasteiger charge is -2.34. The SMILES string of the molecule is O=C(C1CCCN(S(=O)(=O)Cc2c(Cl)cccc2Cl)C1)N(Cc1ccccc1)Cc1ccccc1. The zero-order valence-electron chi connectivity index (χ0n) is 19.3. The Bertz CT molecular complexity index is 1190. The molecule has 1 unspecified atom stereocenters. The molecule has 0 saturated carbocycles. The maximum Gasteiger partial charge on any atom is 0.227 e. The lowest BCUT2D eigenvalue weighted by molar-refractivity contribution is -0.138. The molecule has 3 aromatic carbocycles. The van der Waals surface area contributed by atoms with E-state index in [4.69, 9.17) is 23.2 Å². The lowest BCUT2D eigenvalue weighted by atomic mass is 9.97. The Hall–Kier alpha value is -2.38. The fraction of sp³-hybridized carbons (Fsp3) is 0.296.